The van der Waals surface area contributed by atoms with Gasteiger partial charge in [0.1, 0.15) is 11.1 Å². The molecule has 1 fully saturated rings. The minimum Gasteiger partial charge on any atom is -0.462 e. The lowest BCUT2D eigenvalue weighted by atomic mass is 9.90. The van der Waals surface area contributed by atoms with Gasteiger partial charge in [-0.1, -0.05) is 30.3 Å². The van der Waals surface area contributed by atoms with Crippen molar-refractivity contribution in [1.82, 2.24) is 10.2 Å². The van der Waals surface area contributed by atoms with Crippen molar-refractivity contribution < 1.29 is 19.2 Å². The number of benzene rings is 1. The Hall–Kier alpha value is -1.96. The van der Waals surface area contributed by atoms with Crippen LogP contribution >= 0.6 is 0 Å². The summed E-state index contributed by atoms with van der Waals surface area (Å²) >= 11 is 0. The second-order valence-corrected chi connectivity index (χ2v) is 6.71. The molecule has 0 spiro atoms. The van der Waals surface area contributed by atoms with Crippen molar-refractivity contribution in [1.29, 1.82) is 0 Å². The zero-order valence-corrected chi connectivity index (χ0v) is 14.7. The molecule has 0 saturated carbocycles. The average Bonchev–Trinajstić information content (AvgIpc) is 2.46. The van der Waals surface area contributed by atoms with Crippen LogP contribution in [0, 0.1) is 0 Å². The predicted molar refractivity (Wildman–Crippen MR) is 90.7 cm³/mol. The van der Waals surface area contributed by atoms with Gasteiger partial charge in [-0.2, -0.15) is 5.90 Å². The first-order valence-electron chi connectivity index (χ1n) is 7.73. The molecular formula is C17H27N3O4. The monoisotopic (exact) mass is 337 g/mol. The second kappa shape index (κ2) is 8.77. The minimum atomic E-state index is -0.620. The van der Waals surface area contributed by atoms with E-state index in [4.69, 9.17) is 5.90 Å². The molecule has 0 bridgehead atoms. The summed E-state index contributed by atoms with van der Waals surface area (Å²) in [5.74, 6) is 4.61. The summed E-state index contributed by atoms with van der Waals surface area (Å²) in [6, 6.07) is 10.00. The van der Waals surface area contributed by atoms with E-state index in [1.807, 2.05) is 63.1 Å². The molecule has 0 amide bonds. The van der Waals surface area contributed by atoms with Crippen molar-refractivity contribution in [2.45, 2.75) is 38.5 Å². The first-order valence-corrected chi connectivity index (χ1v) is 7.73. The number of likely N-dealkylation sites (N-methyl/N-ethyl adjacent to an activating group) is 1. The van der Waals surface area contributed by atoms with Gasteiger partial charge in [0, 0.05) is 19.6 Å². The van der Waals surface area contributed by atoms with E-state index in [1.54, 1.807) is 0 Å². The molecule has 24 heavy (non-hydrogen) atoms. The fraction of sp³-hybridized carbons (Fsp3) is 0.529. The summed E-state index contributed by atoms with van der Waals surface area (Å²) in [5.41, 5.74) is 0.220. The minimum absolute atomic E-state index is 0.318. The number of nitrogens with one attached hydrogen (secondary N) is 1. The van der Waals surface area contributed by atoms with Crippen LogP contribution in [0.5, 0.6) is 0 Å². The zero-order valence-electron chi connectivity index (χ0n) is 14.7. The van der Waals surface area contributed by atoms with Crippen LogP contribution in [-0.4, -0.2) is 48.6 Å². The van der Waals surface area contributed by atoms with Gasteiger partial charge in [0.2, 0.25) is 0 Å². The summed E-state index contributed by atoms with van der Waals surface area (Å²) in [4.78, 5) is 27.7. The predicted octanol–water partition coefficient (Wildman–Crippen LogP) is 0.835. The third-order valence-electron chi connectivity index (χ3n) is 3.72. The van der Waals surface area contributed by atoms with Crippen LogP contribution in [0.2, 0.25) is 0 Å². The molecule has 2 rings (SSSR count). The lowest BCUT2D eigenvalue weighted by Gasteiger charge is -2.46. The van der Waals surface area contributed by atoms with E-state index in [9.17, 15) is 9.59 Å². The number of carbonyl (C=O) groups is 2. The molecule has 1 aromatic carbocycles. The van der Waals surface area contributed by atoms with Crippen LogP contribution in [-0.2, 0) is 25.7 Å². The molecule has 134 valence electrons. The van der Waals surface area contributed by atoms with Crippen molar-refractivity contribution in [2.75, 3.05) is 20.1 Å². The molecule has 1 saturated heterocycles. The van der Waals surface area contributed by atoms with Crippen LogP contribution in [0.15, 0.2) is 30.3 Å². The SMILES string of the molecule is CC(C)(C)OC=O.CN(Cc1ccccc1)C1(C(=O)ON)CNC1. The molecule has 1 aliphatic rings. The van der Waals surface area contributed by atoms with Crippen LogP contribution in [0.1, 0.15) is 26.3 Å². The summed E-state index contributed by atoms with van der Waals surface area (Å²) in [6.45, 7) is 7.76. The summed E-state index contributed by atoms with van der Waals surface area (Å²) < 4.78 is 4.55. The van der Waals surface area contributed by atoms with E-state index in [1.165, 1.54) is 0 Å². The van der Waals surface area contributed by atoms with Crippen molar-refractivity contribution in [3.05, 3.63) is 35.9 Å². The Balaban J connectivity index is 0.000000351. The molecule has 0 atom stereocenters. The number of rotatable bonds is 5. The number of hydrogen-bond acceptors (Lipinski definition) is 7. The summed E-state index contributed by atoms with van der Waals surface area (Å²) in [5, 5.41) is 3.09. The van der Waals surface area contributed by atoms with Crippen LogP contribution in [0.25, 0.3) is 0 Å². The Labute approximate surface area is 143 Å². The third-order valence-corrected chi connectivity index (χ3v) is 3.72. The van der Waals surface area contributed by atoms with Crippen molar-refractivity contribution in [3.63, 3.8) is 0 Å². The van der Waals surface area contributed by atoms with E-state index in [0.717, 1.165) is 5.56 Å². The number of nitrogens with two attached hydrogens (primary N) is 1. The molecule has 7 heteroatoms. The molecule has 1 heterocycles. The maximum absolute atomic E-state index is 11.7. The quantitative estimate of drug-likeness (QED) is 0.607. The van der Waals surface area contributed by atoms with Crippen LogP contribution < -0.4 is 11.2 Å². The Morgan fingerprint density at radius 1 is 1.33 bits per heavy atom. The Morgan fingerprint density at radius 3 is 2.25 bits per heavy atom. The highest BCUT2D eigenvalue weighted by Crippen LogP contribution is 2.22. The highest BCUT2D eigenvalue weighted by Gasteiger charge is 2.49. The molecule has 0 aliphatic carbocycles. The molecule has 1 aliphatic heterocycles. The first kappa shape index (κ1) is 20.1. The largest absolute Gasteiger partial charge is 0.462 e. The van der Waals surface area contributed by atoms with E-state index < -0.39 is 5.54 Å². The van der Waals surface area contributed by atoms with Crippen molar-refractivity contribution >= 4 is 12.4 Å². The normalized spacial score (nSPS) is 15.6. The summed E-state index contributed by atoms with van der Waals surface area (Å²) in [6.07, 6.45) is 0. The van der Waals surface area contributed by atoms with Crippen LogP contribution in [0.4, 0.5) is 0 Å². The molecule has 7 nitrogen and oxygen atoms in total. The van der Waals surface area contributed by atoms with E-state index >= 15 is 0 Å². The van der Waals surface area contributed by atoms with Crippen molar-refractivity contribution in [2.24, 2.45) is 5.90 Å². The van der Waals surface area contributed by atoms with Crippen molar-refractivity contribution in [3.8, 4) is 0 Å². The smallest absolute Gasteiger partial charge is 0.347 e. The molecule has 0 radical (unpaired) electrons. The molecular weight excluding hydrogens is 310 g/mol. The number of ether oxygens (including phenoxy) is 1. The highest BCUT2D eigenvalue weighted by atomic mass is 16.7. The number of carbonyl (C=O) groups excluding carboxylic acids is 2. The van der Waals surface area contributed by atoms with E-state index in [-0.39, 0.29) is 11.6 Å². The second-order valence-electron chi connectivity index (χ2n) is 6.71. The van der Waals surface area contributed by atoms with Gasteiger partial charge in [-0.25, -0.2) is 4.79 Å². The van der Waals surface area contributed by atoms with Gasteiger partial charge in [-0.05, 0) is 33.4 Å². The van der Waals surface area contributed by atoms with Gasteiger partial charge >= 0.3 is 5.97 Å². The van der Waals surface area contributed by atoms with Gasteiger partial charge in [-0.3, -0.25) is 9.69 Å². The Morgan fingerprint density at radius 2 is 1.92 bits per heavy atom. The van der Waals surface area contributed by atoms with Gasteiger partial charge < -0.3 is 14.9 Å². The highest BCUT2D eigenvalue weighted by molar-refractivity contribution is 5.82. The van der Waals surface area contributed by atoms with E-state index in [2.05, 4.69) is 14.9 Å². The third kappa shape index (κ3) is 5.59. The lowest BCUT2D eigenvalue weighted by molar-refractivity contribution is -0.162. The topological polar surface area (TPSA) is 93.9 Å². The Bertz CT molecular complexity index is 524. The maximum atomic E-state index is 11.7. The van der Waals surface area contributed by atoms with Gasteiger partial charge in [0.25, 0.3) is 6.47 Å². The average molecular weight is 337 g/mol. The van der Waals surface area contributed by atoms with Crippen LogP contribution in [0.3, 0.4) is 0 Å². The van der Waals surface area contributed by atoms with Gasteiger partial charge in [0.05, 0.1) is 0 Å². The number of hydrogen-bond donors (Lipinski definition) is 2. The standard InChI is InChI=1S/C12H17N3O2.C5H10O2/c1-15(7-10-5-3-2-4-6-10)12(8-14-9-12)11(16)17-13;1-5(2,3)7-4-6/h2-6,14H,7-9,13H2,1H3;4H,1-3H3. The fourth-order valence-electron chi connectivity index (χ4n) is 2.19. The zero-order chi connectivity index (χ0) is 18.2. The maximum Gasteiger partial charge on any atom is 0.347 e. The molecule has 0 unspecified atom stereocenters. The molecule has 0 aromatic heterocycles. The van der Waals surface area contributed by atoms with Gasteiger partial charge in [0.15, 0.2) is 0 Å². The fourth-order valence-corrected chi connectivity index (χ4v) is 2.19. The first-order chi connectivity index (χ1) is 11.2. The number of nitrogens with zero attached hydrogens (tertiary/aromatic N) is 1. The molecule has 3 N–H and O–H groups in total. The summed E-state index contributed by atoms with van der Waals surface area (Å²) in [7, 11) is 1.91. The molecule has 1 aromatic rings. The Kier molecular flexibility index (Phi) is 7.34. The van der Waals surface area contributed by atoms with Gasteiger partial charge in [-0.15, -0.1) is 0 Å². The lowest BCUT2D eigenvalue weighted by Crippen LogP contribution is -2.72. The van der Waals surface area contributed by atoms with E-state index in [0.29, 0.717) is 26.1 Å².